The van der Waals surface area contributed by atoms with Gasteiger partial charge in [0.25, 0.3) is 0 Å². The first kappa shape index (κ1) is 12.0. The maximum absolute atomic E-state index is 12.3. The van der Waals surface area contributed by atoms with Gasteiger partial charge in [0.1, 0.15) is 0 Å². The van der Waals surface area contributed by atoms with Gasteiger partial charge in [-0.05, 0) is 30.7 Å². The monoisotopic (exact) mass is 310 g/mol. The number of anilines is 1. The molecule has 2 fully saturated rings. The fourth-order valence-corrected chi connectivity index (χ4v) is 3.09. The summed E-state index contributed by atoms with van der Waals surface area (Å²) in [4.78, 5) is 16.0. The minimum absolute atomic E-state index is 0.0582. The number of carbonyl (C=O) groups excluding carboxylic acids is 1. The molecule has 5 heteroatoms. The molecule has 4 nitrogen and oxygen atoms in total. The number of halogens is 1. The van der Waals surface area contributed by atoms with Crippen molar-refractivity contribution in [2.45, 2.75) is 12.0 Å². The van der Waals surface area contributed by atoms with Gasteiger partial charge in [0.05, 0.1) is 12.1 Å². The van der Waals surface area contributed by atoms with E-state index in [0.29, 0.717) is 6.61 Å². The Bertz CT molecular complexity index is 468. The standard InChI is InChI=1S/C13H15BrN2O2/c1-15-8-13(6-7-18-9-13)16(12(15)17)11-4-2-10(14)3-5-11/h2-5H,6-9H2,1H3. The number of amides is 2. The summed E-state index contributed by atoms with van der Waals surface area (Å²) >= 11 is 3.42. The minimum atomic E-state index is -0.181. The lowest BCUT2D eigenvalue weighted by Gasteiger charge is -2.31. The van der Waals surface area contributed by atoms with Gasteiger partial charge in [-0.25, -0.2) is 4.79 Å². The summed E-state index contributed by atoms with van der Waals surface area (Å²) in [7, 11) is 1.85. The van der Waals surface area contributed by atoms with E-state index in [0.717, 1.165) is 29.7 Å². The molecule has 1 unspecified atom stereocenters. The summed E-state index contributed by atoms with van der Waals surface area (Å²) in [6.45, 7) is 2.09. The number of hydrogen-bond acceptors (Lipinski definition) is 2. The van der Waals surface area contributed by atoms with Crippen molar-refractivity contribution >= 4 is 27.6 Å². The lowest BCUT2D eigenvalue weighted by Crippen LogP contribution is -2.48. The third-order valence-corrected chi connectivity index (χ3v) is 4.22. The number of likely N-dealkylation sites (N-methyl/N-ethyl adjacent to an activating group) is 1. The molecule has 2 saturated heterocycles. The molecule has 3 rings (SSSR count). The van der Waals surface area contributed by atoms with E-state index in [1.54, 1.807) is 4.90 Å². The molecule has 0 saturated carbocycles. The van der Waals surface area contributed by atoms with Crippen LogP contribution in [0.3, 0.4) is 0 Å². The molecule has 96 valence electrons. The predicted octanol–water partition coefficient (Wildman–Crippen LogP) is 2.48. The fraction of sp³-hybridized carbons (Fsp3) is 0.462. The molecule has 0 bridgehead atoms. The van der Waals surface area contributed by atoms with Crippen molar-refractivity contribution in [3.8, 4) is 0 Å². The number of hydrogen-bond donors (Lipinski definition) is 0. The highest BCUT2D eigenvalue weighted by Gasteiger charge is 2.51. The molecule has 1 atom stereocenters. The van der Waals surface area contributed by atoms with E-state index in [-0.39, 0.29) is 11.6 Å². The lowest BCUT2D eigenvalue weighted by atomic mass is 9.97. The second-order valence-electron chi connectivity index (χ2n) is 4.98. The van der Waals surface area contributed by atoms with E-state index in [9.17, 15) is 4.79 Å². The van der Waals surface area contributed by atoms with Gasteiger partial charge in [-0.15, -0.1) is 0 Å². The van der Waals surface area contributed by atoms with Crippen LogP contribution >= 0.6 is 15.9 Å². The van der Waals surface area contributed by atoms with Gasteiger partial charge in [-0.3, -0.25) is 4.90 Å². The molecule has 0 aliphatic carbocycles. The molecular formula is C13H15BrN2O2. The summed E-state index contributed by atoms with van der Waals surface area (Å²) in [5.41, 5.74) is 0.762. The van der Waals surface area contributed by atoms with Gasteiger partial charge in [0.2, 0.25) is 0 Å². The zero-order valence-electron chi connectivity index (χ0n) is 10.2. The van der Waals surface area contributed by atoms with Gasteiger partial charge in [0, 0.05) is 30.4 Å². The molecule has 0 N–H and O–H groups in total. The van der Waals surface area contributed by atoms with Gasteiger partial charge >= 0.3 is 6.03 Å². The average molecular weight is 311 g/mol. The van der Waals surface area contributed by atoms with E-state index in [1.165, 1.54) is 0 Å². The number of rotatable bonds is 1. The molecule has 0 radical (unpaired) electrons. The van der Waals surface area contributed by atoms with E-state index >= 15 is 0 Å². The lowest BCUT2D eigenvalue weighted by molar-refractivity contribution is 0.178. The first-order valence-electron chi connectivity index (χ1n) is 6.01. The zero-order valence-corrected chi connectivity index (χ0v) is 11.8. The van der Waals surface area contributed by atoms with Crippen molar-refractivity contribution in [1.82, 2.24) is 4.90 Å². The largest absolute Gasteiger partial charge is 0.379 e. The molecular weight excluding hydrogens is 296 g/mol. The van der Waals surface area contributed by atoms with E-state index in [1.807, 2.05) is 36.2 Å². The SMILES string of the molecule is CN1CC2(CCOC2)N(c2ccc(Br)cc2)C1=O. The van der Waals surface area contributed by atoms with Crippen LogP contribution in [0.15, 0.2) is 28.7 Å². The highest BCUT2D eigenvalue weighted by molar-refractivity contribution is 9.10. The predicted molar refractivity (Wildman–Crippen MR) is 72.8 cm³/mol. The van der Waals surface area contributed by atoms with Gasteiger partial charge in [-0.2, -0.15) is 0 Å². The molecule has 1 spiro atoms. The Balaban J connectivity index is 2.01. The molecule has 18 heavy (non-hydrogen) atoms. The van der Waals surface area contributed by atoms with Gasteiger partial charge in [-0.1, -0.05) is 15.9 Å². The first-order valence-corrected chi connectivity index (χ1v) is 6.80. The maximum Gasteiger partial charge on any atom is 0.324 e. The third kappa shape index (κ3) is 1.73. The van der Waals surface area contributed by atoms with Gasteiger partial charge in [0.15, 0.2) is 0 Å². The average Bonchev–Trinajstić information content (AvgIpc) is 2.89. The van der Waals surface area contributed by atoms with Crippen LogP contribution in [0.5, 0.6) is 0 Å². The van der Waals surface area contributed by atoms with E-state index in [4.69, 9.17) is 4.74 Å². The van der Waals surface area contributed by atoms with Crippen LogP contribution in [0, 0.1) is 0 Å². The van der Waals surface area contributed by atoms with Crippen LogP contribution in [0.1, 0.15) is 6.42 Å². The quantitative estimate of drug-likeness (QED) is 0.798. The van der Waals surface area contributed by atoms with Crippen LogP contribution in [0.25, 0.3) is 0 Å². The Kier molecular flexibility index (Phi) is 2.83. The van der Waals surface area contributed by atoms with E-state index < -0.39 is 0 Å². The number of carbonyl (C=O) groups is 1. The van der Waals surface area contributed by atoms with Crippen LogP contribution < -0.4 is 4.90 Å². The first-order chi connectivity index (χ1) is 8.62. The van der Waals surface area contributed by atoms with Crippen LogP contribution in [-0.2, 0) is 4.74 Å². The Morgan fingerprint density at radius 3 is 2.67 bits per heavy atom. The number of urea groups is 1. The van der Waals surface area contributed by atoms with Crippen molar-refractivity contribution in [2.24, 2.45) is 0 Å². The Labute approximate surface area is 115 Å². The summed E-state index contributed by atoms with van der Waals surface area (Å²) in [5.74, 6) is 0. The highest BCUT2D eigenvalue weighted by Crippen LogP contribution is 2.37. The third-order valence-electron chi connectivity index (χ3n) is 3.69. The van der Waals surface area contributed by atoms with Crippen LogP contribution in [0.2, 0.25) is 0 Å². The maximum atomic E-state index is 12.3. The number of benzene rings is 1. The zero-order chi connectivity index (χ0) is 12.8. The number of ether oxygens (including phenoxy) is 1. The Hall–Kier alpha value is -1.07. The van der Waals surface area contributed by atoms with Crippen LogP contribution in [-0.4, -0.2) is 43.3 Å². The van der Waals surface area contributed by atoms with Crippen LogP contribution in [0.4, 0.5) is 10.5 Å². The molecule has 2 amide bonds. The summed E-state index contributed by atoms with van der Waals surface area (Å²) in [6, 6.07) is 7.93. The van der Waals surface area contributed by atoms with Crippen molar-refractivity contribution in [3.05, 3.63) is 28.7 Å². The second kappa shape index (κ2) is 4.24. The summed E-state index contributed by atoms with van der Waals surface area (Å²) < 4.78 is 6.54. The van der Waals surface area contributed by atoms with Crippen molar-refractivity contribution in [1.29, 1.82) is 0 Å². The molecule has 0 aromatic heterocycles. The topological polar surface area (TPSA) is 32.8 Å². The smallest absolute Gasteiger partial charge is 0.324 e. The molecule has 1 aromatic rings. The summed E-state index contributed by atoms with van der Waals surface area (Å²) in [6.07, 6.45) is 0.902. The second-order valence-corrected chi connectivity index (χ2v) is 5.89. The number of nitrogens with zero attached hydrogens (tertiary/aromatic N) is 2. The van der Waals surface area contributed by atoms with E-state index in [2.05, 4.69) is 15.9 Å². The van der Waals surface area contributed by atoms with Gasteiger partial charge < -0.3 is 9.64 Å². The molecule has 2 aliphatic rings. The van der Waals surface area contributed by atoms with Crippen molar-refractivity contribution in [2.75, 3.05) is 31.7 Å². The fourth-order valence-electron chi connectivity index (χ4n) is 2.83. The highest BCUT2D eigenvalue weighted by atomic mass is 79.9. The Morgan fingerprint density at radius 2 is 2.06 bits per heavy atom. The Morgan fingerprint density at radius 1 is 1.33 bits per heavy atom. The molecule has 2 heterocycles. The molecule has 1 aromatic carbocycles. The normalized spacial score (nSPS) is 27.6. The summed E-state index contributed by atoms with van der Waals surface area (Å²) in [5, 5.41) is 0. The minimum Gasteiger partial charge on any atom is -0.379 e. The molecule has 2 aliphatic heterocycles. The van der Waals surface area contributed by atoms with Crippen molar-refractivity contribution < 1.29 is 9.53 Å². The van der Waals surface area contributed by atoms with Crippen molar-refractivity contribution in [3.63, 3.8) is 0 Å².